The summed E-state index contributed by atoms with van der Waals surface area (Å²) in [5.41, 5.74) is 1.13. The lowest BCUT2D eigenvalue weighted by atomic mass is 9.77. The van der Waals surface area contributed by atoms with Gasteiger partial charge in [0, 0.05) is 17.8 Å². The Morgan fingerprint density at radius 2 is 2.15 bits per heavy atom. The van der Waals surface area contributed by atoms with Crippen LogP contribution in [0.2, 0.25) is 0 Å². The Kier molecular flexibility index (Phi) is 4.34. The standard InChI is InChI=1S/C16H21NOS2/c1-2-18-16-11-7-6-10-13(16)14(20-15(19)17-16)12-8-4-3-5-9-12/h3-5,8-9,13-14H,2,6-7,10-11H2,1H3,(H,17,19)/t13-,14+,16+/m1/s1. The van der Waals surface area contributed by atoms with Gasteiger partial charge in [-0.2, -0.15) is 0 Å². The van der Waals surface area contributed by atoms with Crippen molar-refractivity contribution in [2.75, 3.05) is 6.61 Å². The first-order chi connectivity index (χ1) is 9.75. The smallest absolute Gasteiger partial charge is 0.143 e. The van der Waals surface area contributed by atoms with E-state index in [-0.39, 0.29) is 5.72 Å². The van der Waals surface area contributed by atoms with Crippen LogP contribution in [-0.2, 0) is 4.74 Å². The van der Waals surface area contributed by atoms with E-state index in [2.05, 4.69) is 42.6 Å². The number of thioether (sulfide) groups is 1. The van der Waals surface area contributed by atoms with Crippen molar-refractivity contribution in [3.63, 3.8) is 0 Å². The second-order valence-electron chi connectivity index (χ2n) is 5.54. The van der Waals surface area contributed by atoms with Gasteiger partial charge in [-0.3, -0.25) is 0 Å². The number of nitrogens with one attached hydrogen (secondary N) is 1. The minimum Gasteiger partial charge on any atom is -0.356 e. The molecule has 1 aliphatic carbocycles. The van der Waals surface area contributed by atoms with E-state index in [1.165, 1.54) is 24.8 Å². The SMILES string of the molecule is CCO[C@@]12CCCC[C@@H]1[C@H](c1ccccc1)SC(=S)N2. The van der Waals surface area contributed by atoms with E-state index in [1.807, 2.05) is 0 Å². The van der Waals surface area contributed by atoms with Crippen molar-refractivity contribution in [2.45, 2.75) is 43.6 Å². The van der Waals surface area contributed by atoms with Gasteiger partial charge in [0.1, 0.15) is 10.0 Å². The van der Waals surface area contributed by atoms with Crippen molar-refractivity contribution in [1.29, 1.82) is 0 Å². The molecule has 2 nitrogen and oxygen atoms in total. The van der Waals surface area contributed by atoms with Gasteiger partial charge in [0.15, 0.2) is 0 Å². The van der Waals surface area contributed by atoms with Crippen LogP contribution in [0.5, 0.6) is 0 Å². The van der Waals surface area contributed by atoms with Crippen LogP contribution in [0.4, 0.5) is 0 Å². The molecule has 1 N–H and O–H groups in total. The van der Waals surface area contributed by atoms with Gasteiger partial charge < -0.3 is 10.1 Å². The quantitative estimate of drug-likeness (QED) is 0.841. The summed E-state index contributed by atoms with van der Waals surface area (Å²) < 4.78 is 7.06. The summed E-state index contributed by atoms with van der Waals surface area (Å²) in [6.07, 6.45) is 4.79. The molecule has 2 aliphatic rings. The van der Waals surface area contributed by atoms with E-state index < -0.39 is 0 Å². The molecule has 20 heavy (non-hydrogen) atoms. The summed E-state index contributed by atoms with van der Waals surface area (Å²) >= 11 is 7.30. The Hall–Kier alpha value is -0.580. The van der Waals surface area contributed by atoms with Gasteiger partial charge in [0.2, 0.25) is 0 Å². The summed E-state index contributed by atoms with van der Waals surface area (Å²) in [7, 11) is 0. The lowest BCUT2D eigenvalue weighted by molar-refractivity contribution is -0.117. The number of ether oxygens (including phenoxy) is 1. The van der Waals surface area contributed by atoms with E-state index in [9.17, 15) is 0 Å². The Balaban J connectivity index is 1.95. The molecule has 1 aromatic carbocycles. The van der Waals surface area contributed by atoms with E-state index in [4.69, 9.17) is 17.0 Å². The maximum atomic E-state index is 6.18. The molecule has 108 valence electrons. The topological polar surface area (TPSA) is 21.3 Å². The van der Waals surface area contributed by atoms with Crippen LogP contribution >= 0.6 is 24.0 Å². The fourth-order valence-corrected chi connectivity index (χ4v) is 5.30. The maximum absolute atomic E-state index is 6.18. The monoisotopic (exact) mass is 307 g/mol. The number of benzene rings is 1. The van der Waals surface area contributed by atoms with Gasteiger partial charge in [0.25, 0.3) is 0 Å². The van der Waals surface area contributed by atoms with Gasteiger partial charge in [-0.15, -0.1) is 0 Å². The van der Waals surface area contributed by atoms with E-state index in [1.54, 1.807) is 11.8 Å². The van der Waals surface area contributed by atoms with Crippen molar-refractivity contribution >= 4 is 28.3 Å². The molecule has 3 atom stereocenters. The van der Waals surface area contributed by atoms with E-state index >= 15 is 0 Å². The summed E-state index contributed by atoms with van der Waals surface area (Å²) in [6.45, 7) is 2.81. The van der Waals surface area contributed by atoms with Crippen molar-refractivity contribution in [2.24, 2.45) is 5.92 Å². The summed E-state index contributed by atoms with van der Waals surface area (Å²) in [4.78, 5) is 0. The van der Waals surface area contributed by atoms with Crippen LogP contribution in [0.25, 0.3) is 0 Å². The van der Waals surface area contributed by atoms with Crippen molar-refractivity contribution in [3.8, 4) is 0 Å². The lowest BCUT2D eigenvalue weighted by Gasteiger charge is -2.51. The highest BCUT2D eigenvalue weighted by Gasteiger charge is 2.50. The molecule has 2 fully saturated rings. The first kappa shape index (κ1) is 14.4. The average Bonchev–Trinajstić information content (AvgIpc) is 2.47. The molecule has 3 rings (SSSR count). The third-order valence-electron chi connectivity index (χ3n) is 4.36. The third-order valence-corrected chi connectivity index (χ3v) is 5.92. The fourth-order valence-electron chi connectivity index (χ4n) is 3.54. The Morgan fingerprint density at radius 3 is 2.90 bits per heavy atom. The van der Waals surface area contributed by atoms with Crippen molar-refractivity contribution in [1.82, 2.24) is 5.32 Å². The normalized spacial score (nSPS) is 33.4. The fraction of sp³-hybridized carbons (Fsp3) is 0.562. The van der Waals surface area contributed by atoms with Crippen LogP contribution in [0.3, 0.4) is 0 Å². The zero-order chi connectivity index (χ0) is 14.0. The summed E-state index contributed by atoms with van der Waals surface area (Å²) in [6, 6.07) is 10.7. The highest BCUT2D eigenvalue weighted by Crippen LogP contribution is 2.51. The first-order valence-corrected chi connectivity index (χ1v) is 8.71. The number of hydrogen-bond donors (Lipinski definition) is 1. The van der Waals surface area contributed by atoms with Gasteiger partial charge in [-0.25, -0.2) is 0 Å². The zero-order valence-electron chi connectivity index (χ0n) is 11.8. The Bertz CT molecular complexity index is 475. The molecule has 4 heteroatoms. The lowest BCUT2D eigenvalue weighted by Crippen LogP contribution is -2.60. The van der Waals surface area contributed by atoms with Crippen LogP contribution < -0.4 is 5.32 Å². The second-order valence-corrected chi connectivity index (χ2v) is 7.35. The predicted octanol–water partition coefficient (Wildman–Crippen LogP) is 4.27. The molecule has 0 aromatic heterocycles. The number of thiocarbonyl (C=S) groups is 1. The molecule has 0 spiro atoms. The Labute approximate surface area is 130 Å². The van der Waals surface area contributed by atoms with Crippen LogP contribution in [0.1, 0.15) is 43.4 Å². The molecule has 0 amide bonds. The number of fused-ring (bicyclic) bond motifs is 1. The highest BCUT2D eigenvalue weighted by atomic mass is 32.2. The van der Waals surface area contributed by atoms with Gasteiger partial charge in [-0.1, -0.05) is 60.7 Å². The number of rotatable bonds is 3. The molecule has 1 saturated heterocycles. The second kappa shape index (κ2) is 6.04. The predicted molar refractivity (Wildman–Crippen MR) is 88.8 cm³/mol. The minimum absolute atomic E-state index is 0.240. The summed E-state index contributed by atoms with van der Waals surface area (Å²) in [5.74, 6) is 0.496. The molecule has 1 heterocycles. The molecule has 0 radical (unpaired) electrons. The maximum Gasteiger partial charge on any atom is 0.143 e. The van der Waals surface area contributed by atoms with Crippen LogP contribution in [-0.4, -0.2) is 16.7 Å². The molecule has 1 aliphatic heterocycles. The summed E-state index contributed by atoms with van der Waals surface area (Å²) in [5, 5.41) is 3.92. The largest absolute Gasteiger partial charge is 0.356 e. The highest BCUT2D eigenvalue weighted by molar-refractivity contribution is 8.23. The van der Waals surface area contributed by atoms with E-state index in [0.29, 0.717) is 11.2 Å². The molecule has 0 unspecified atom stereocenters. The third kappa shape index (κ3) is 2.61. The van der Waals surface area contributed by atoms with Crippen molar-refractivity contribution < 1.29 is 4.74 Å². The van der Waals surface area contributed by atoms with E-state index in [0.717, 1.165) is 17.3 Å². The zero-order valence-corrected chi connectivity index (χ0v) is 13.4. The Morgan fingerprint density at radius 1 is 1.35 bits per heavy atom. The van der Waals surface area contributed by atoms with Crippen LogP contribution in [0, 0.1) is 5.92 Å². The van der Waals surface area contributed by atoms with Crippen LogP contribution in [0.15, 0.2) is 30.3 Å². The molecular weight excluding hydrogens is 286 g/mol. The average molecular weight is 307 g/mol. The van der Waals surface area contributed by atoms with Gasteiger partial charge >= 0.3 is 0 Å². The van der Waals surface area contributed by atoms with Gasteiger partial charge in [0.05, 0.1) is 0 Å². The molecular formula is C16H21NOS2. The van der Waals surface area contributed by atoms with Gasteiger partial charge in [-0.05, 0) is 31.7 Å². The molecule has 1 aromatic rings. The van der Waals surface area contributed by atoms with Crippen molar-refractivity contribution in [3.05, 3.63) is 35.9 Å². The minimum atomic E-state index is -0.240. The first-order valence-electron chi connectivity index (χ1n) is 7.43. The molecule has 0 bridgehead atoms. The number of hydrogen-bond acceptors (Lipinski definition) is 3. The molecule has 1 saturated carbocycles.